The number of alkyl halides is 3. The summed E-state index contributed by atoms with van der Waals surface area (Å²) in [6.07, 6.45) is 0.601. The number of thioether (sulfide) groups is 1. The fraction of sp³-hybridized carbons (Fsp3) is 0.190. The van der Waals surface area contributed by atoms with Gasteiger partial charge in [0.25, 0.3) is 5.91 Å². The van der Waals surface area contributed by atoms with Crippen molar-refractivity contribution in [2.75, 3.05) is 0 Å². The van der Waals surface area contributed by atoms with E-state index in [1.165, 1.54) is 18.7 Å². The van der Waals surface area contributed by atoms with E-state index in [9.17, 15) is 9.59 Å². The van der Waals surface area contributed by atoms with Gasteiger partial charge in [0, 0.05) is 6.92 Å². The Hall–Kier alpha value is -1.77. The van der Waals surface area contributed by atoms with E-state index in [0.29, 0.717) is 21.5 Å². The molecule has 1 aliphatic rings. The molecule has 1 aliphatic heterocycles. The molecule has 0 spiro atoms. The van der Waals surface area contributed by atoms with Crippen LogP contribution in [0.4, 0.5) is 0 Å². The number of carbonyl (C=O) groups is 2. The van der Waals surface area contributed by atoms with Gasteiger partial charge in [-0.3, -0.25) is 14.5 Å². The number of ether oxygens (including phenoxy) is 1. The van der Waals surface area contributed by atoms with Gasteiger partial charge in [0.1, 0.15) is 10.1 Å². The van der Waals surface area contributed by atoms with Crippen LogP contribution in [0.2, 0.25) is 0 Å². The van der Waals surface area contributed by atoms with Crippen LogP contribution in [0.25, 0.3) is 6.08 Å². The molecule has 0 aliphatic carbocycles. The van der Waals surface area contributed by atoms with Crippen LogP contribution in [0.5, 0.6) is 5.75 Å². The van der Waals surface area contributed by atoms with Crippen molar-refractivity contribution in [2.45, 2.75) is 23.5 Å². The molecule has 2 aromatic rings. The van der Waals surface area contributed by atoms with Crippen LogP contribution in [-0.4, -0.2) is 31.1 Å². The maximum absolute atomic E-state index is 12.8. The normalized spacial score (nSPS) is 16.5. The molecule has 1 atom stereocenters. The Bertz CT molecular complexity index is 1010. The number of thiocarbonyl (C=S) groups is 1. The van der Waals surface area contributed by atoms with Crippen molar-refractivity contribution in [2.24, 2.45) is 0 Å². The lowest BCUT2D eigenvalue weighted by Gasteiger charge is -2.25. The SMILES string of the molecule is CC(=O)N[C@H](Oc1ccc(/C=C2\SC(=S)N(Cc3ccccc3)C2=O)cc1)C(Cl)(Cl)Cl. The monoisotopic (exact) mass is 514 g/mol. The lowest BCUT2D eigenvalue weighted by molar-refractivity contribution is -0.123. The second kappa shape index (κ2) is 10.2. The lowest BCUT2D eigenvalue weighted by atomic mass is 10.2. The highest BCUT2D eigenvalue weighted by atomic mass is 35.6. The minimum absolute atomic E-state index is 0.138. The van der Waals surface area contributed by atoms with E-state index >= 15 is 0 Å². The molecule has 0 aromatic heterocycles. The fourth-order valence-electron chi connectivity index (χ4n) is 2.70. The summed E-state index contributed by atoms with van der Waals surface area (Å²) in [5.41, 5.74) is 1.78. The van der Waals surface area contributed by atoms with Crippen molar-refractivity contribution in [1.82, 2.24) is 10.2 Å². The van der Waals surface area contributed by atoms with Crippen molar-refractivity contribution in [3.05, 3.63) is 70.6 Å². The predicted molar refractivity (Wildman–Crippen MR) is 130 cm³/mol. The van der Waals surface area contributed by atoms with Gasteiger partial charge in [0.15, 0.2) is 0 Å². The average Bonchev–Trinajstić information content (AvgIpc) is 2.96. The molecule has 1 N–H and O–H groups in total. The van der Waals surface area contributed by atoms with Crippen LogP contribution in [-0.2, 0) is 16.1 Å². The number of rotatable bonds is 6. The van der Waals surface area contributed by atoms with Gasteiger partial charge in [-0.1, -0.05) is 101 Å². The first-order valence-electron chi connectivity index (χ1n) is 9.03. The first-order valence-corrected chi connectivity index (χ1v) is 11.4. The van der Waals surface area contributed by atoms with Crippen molar-refractivity contribution in [1.29, 1.82) is 0 Å². The molecular formula is C21H17Cl3N2O3S2. The summed E-state index contributed by atoms with van der Waals surface area (Å²) in [6, 6.07) is 16.5. The van der Waals surface area contributed by atoms with Gasteiger partial charge in [-0.05, 0) is 29.3 Å². The molecule has 0 bridgehead atoms. The predicted octanol–water partition coefficient (Wildman–Crippen LogP) is 5.30. The first-order chi connectivity index (χ1) is 14.6. The van der Waals surface area contributed by atoms with Crippen molar-refractivity contribution in [3.8, 4) is 5.75 Å². The van der Waals surface area contributed by atoms with E-state index in [-0.39, 0.29) is 5.91 Å². The van der Waals surface area contributed by atoms with Gasteiger partial charge >= 0.3 is 0 Å². The quantitative estimate of drug-likeness (QED) is 0.245. The third-order valence-corrected chi connectivity index (χ3v) is 6.09. The molecule has 162 valence electrons. The summed E-state index contributed by atoms with van der Waals surface area (Å²) >= 11 is 24.2. The number of nitrogens with one attached hydrogen (secondary N) is 1. The standard InChI is InChI=1S/C21H17Cl3N2O3S2/c1-13(27)25-19(21(22,23)24)29-16-9-7-14(8-10-16)11-17-18(28)26(20(30)31-17)12-15-5-3-2-4-6-15/h2-11,19H,12H2,1H3,(H,25,27)/b17-11-/t19-/m1/s1. The van der Waals surface area contributed by atoms with E-state index in [1.54, 1.807) is 35.2 Å². The highest BCUT2D eigenvalue weighted by Crippen LogP contribution is 2.34. The summed E-state index contributed by atoms with van der Waals surface area (Å²) in [5.74, 6) is -0.148. The van der Waals surface area contributed by atoms with E-state index in [1.807, 2.05) is 30.3 Å². The molecule has 1 heterocycles. The van der Waals surface area contributed by atoms with Crippen molar-refractivity contribution < 1.29 is 14.3 Å². The van der Waals surface area contributed by atoms with Gasteiger partial charge in [-0.15, -0.1) is 0 Å². The van der Waals surface area contributed by atoms with Crippen LogP contribution >= 0.6 is 58.8 Å². The van der Waals surface area contributed by atoms with E-state index in [0.717, 1.165) is 11.1 Å². The minimum Gasteiger partial charge on any atom is -0.466 e. The molecule has 3 rings (SSSR count). The van der Waals surface area contributed by atoms with Crippen LogP contribution in [0, 0.1) is 0 Å². The van der Waals surface area contributed by atoms with Crippen molar-refractivity contribution >= 4 is 81.0 Å². The van der Waals surface area contributed by atoms with E-state index < -0.39 is 15.9 Å². The summed E-state index contributed by atoms with van der Waals surface area (Å²) in [4.78, 5) is 26.2. The van der Waals surface area contributed by atoms with E-state index in [4.69, 9.17) is 51.8 Å². The van der Waals surface area contributed by atoms with Crippen LogP contribution < -0.4 is 10.1 Å². The van der Waals surface area contributed by atoms with E-state index in [2.05, 4.69) is 5.32 Å². The number of amides is 2. The Balaban J connectivity index is 1.70. The van der Waals surface area contributed by atoms with Gasteiger partial charge < -0.3 is 10.1 Å². The number of hydrogen-bond acceptors (Lipinski definition) is 5. The Morgan fingerprint density at radius 1 is 1.19 bits per heavy atom. The Kier molecular flexibility index (Phi) is 7.88. The molecule has 0 unspecified atom stereocenters. The highest BCUT2D eigenvalue weighted by Gasteiger charge is 2.35. The molecule has 1 fully saturated rings. The maximum Gasteiger partial charge on any atom is 0.266 e. The Morgan fingerprint density at radius 3 is 2.42 bits per heavy atom. The Morgan fingerprint density at radius 2 is 1.84 bits per heavy atom. The summed E-state index contributed by atoms with van der Waals surface area (Å²) < 4.78 is 4.25. The zero-order valence-electron chi connectivity index (χ0n) is 16.2. The number of carbonyl (C=O) groups excluding carboxylic acids is 2. The number of hydrogen-bond donors (Lipinski definition) is 1. The minimum atomic E-state index is -1.85. The molecule has 2 aromatic carbocycles. The lowest BCUT2D eigenvalue weighted by Crippen LogP contribution is -2.47. The van der Waals surface area contributed by atoms with Gasteiger partial charge in [0.05, 0.1) is 11.4 Å². The molecule has 31 heavy (non-hydrogen) atoms. The molecular weight excluding hydrogens is 499 g/mol. The third-order valence-electron chi connectivity index (χ3n) is 4.12. The van der Waals surface area contributed by atoms with Crippen molar-refractivity contribution in [3.63, 3.8) is 0 Å². The zero-order valence-corrected chi connectivity index (χ0v) is 20.1. The maximum atomic E-state index is 12.8. The van der Waals surface area contributed by atoms with Crippen LogP contribution in [0.1, 0.15) is 18.1 Å². The summed E-state index contributed by atoms with van der Waals surface area (Å²) in [6.45, 7) is 1.72. The summed E-state index contributed by atoms with van der Waals surface area (Å²) in [5, 5.41) is 2.44. The smallest absolute Gasteiger partial charge is 0.266 e. The van der Waals surface area contributed by atoms with Gasteiger partial charge in [0.2, 0.25) is 15.9 Å². The molecule has 5 nitrogen and oxygen atoms in total. The van der Waals surface area contributed by atoms with Crippen LogP contribution in [0.3, 0.4) is 0 Å². The summed E-state index contributed by atoms with van der Waals surface area (Å²) in [7, 11) is 0. The van der Waals surface area contributed by atoms with Crippen LogP contribution in [0.15, 0.2) is 59.5 Å². The first kappa shape index (κ1) is 23.9. The second-order valence-corrected chi connectivity index (χ2v) is 10.6. The molecule has 2 amide bonds. The third kappa shape index (κ3) is 6.60. The van der Waals surface area contributed by atoms with Gasteiger partial charge in [-0.25, -0.2) is 0 Å². The topological polar surface area (TPSA) is 58.6 Å². The Labute approximate surface area is 204 Å². The molecule has 0 radical (unpaired) electrons. The molecule has 1 saturated heterocycles. The highest BCUT2D eigenvalue weighted by molar-refractivity contribution is 8.26. The average molecular weight is 516 g/mol. The number of nitrogens with zero attached hydrogens (tertiary/aromatic N) is 1. The molecule has 10 heteroatoms. The fourth-order valence-corrected chi connectivity index (χ4v) is 4.25. The zero-order chi connectivity index (χ0) is 22.6. The number of benzene rings is 2. The van der Waals surface area contributed by atoms with Gasteiger partial charge in [-0.2, -0.15) is 0 Å². The number of halogens is 3. The second-order valence-electron chi connectivity index (χ2n) is 6.56. The largest absolute Gasteiger partial charge is 0.466 e. The molecule has 0 saturated carbocycles.